The van der Waals surface area contributed by atoms with Crippen molar-refractivity contribution in [2.75, 3.05) is 19.6 Å². The van der Waals surface area contributed by atoms with E-state index in [1.165, 1.54) is 37.2 Å². The number of benzene rings is 3. The molecule has 32 heavy (non-hydrogen) atoms. The van der Waals surface area contributed by atoms with Gasteiger partial charge in [-0.2, -0.15) is 0 Å². The molecule has 0 N–H and O–H groups in total. The van der Waals surface area contributed by atoms with Gasteiger partial charge in [0.2, 0.25) is 0 Å². The standard InChI is InChI=1S/C29H29NS2/c1-22-7-11-27(12-8-22)32-28(24-5-3-2-4-6-24)15-19-30-17-13-23(14-18-30)26-10-9-25-16-20-31-29(25)21-26/h2-13,16,20-21,28H,14-15,17-19H2,1H3. The SMILES string of the molecule is Cc1ccc(SC(CCN2CC=C(c3ccc4ccsc4c3)CC2)c2ccccc2)cc1. The molecule has 1 atom stereocenters. The number of rotatable bonds is 7. The van der Waals surface area contributed by atoms with Gasteiger partial charge >= 0.3 is 0 Å². The van der Waals surface area contributed by atoms with E-state index >= 15 is 0 Å². The summed E-state index contributed by atoms with van der Waals surface area (Å²) >= 11 is 3.83. The molecule has 0 bridgehead atoms. The zero-order valence-corrected chi connectivity index (χ0v) is 20.2. The van der Waals surface area contributed by atoms with Gasteiger partial charge in [-0.05, 0) is 78.0 Å². The minimum absolute atomic E-state index is 0.477. The molecule has 3 aromatic carbocycles. The van der Waals surface area contributed by atoms with E-state index in [1.807, 2.05) is 23.1 Å². The number of hydrogen-bond donors (Lipinski definition) is 0. The maximum atomic E-state index is 2.61. The molecule has 5 rings (SSSR count). The second kappa shape index (κ2) is 10.1. The summed E-state index contributed by atoms with van der Waals surface area (Å²) in [6.45, 7) is 5.48. The van der Waals surface area contributed by atoms with Crippen molar-refractivity contribution in [3.63, 3.8) is 0 Å². The lowest BCUT2D eigenvalue weighted by Gasteiger charge is -2.28. The van der Waals surface area contributed by atoms with Gasteiger partial charge in [-0.1, -0.05) is 66.2 Å². The Morgan fingerprint density at radius 1 is 0.969 bits per heavy atom. The largest absolute Gasteiger partial charge is 0.299 e. The van der Waals surface area contributed by atoms with Crippen molar-refractivity contribution in [2.45, 2.75) is 29.9 Å². The van der Waals surface area contributed by atoms with E-state index in [2.05, 4.69) is 102 Å². The van der Waals surface area contributed by atoms with Crippen LogP contribution in [0.25, 0.3) is 15.7 Å². The van der Waals surface area contributed by atoms with Crippen LogP contribution in [0, 0.1) is 6.92 Å². The third-order valence-corrected chi connectivity index (χ3v) is 8.51. The van der Waals surface area contributed by atoms with Crippen molar-refractivity contribution in [1.82, 2.24) is 4.90 Å². The highest BCUT2D eigenvalue weighted by Gasteiger charge is 2.18. The predicted molar refractivity (Wildman–Crippen MR) is 142 cm³/mol. The monoisotopic (exact) mass is 455 g/mol. The summed E-state index contributed by atoms with van der Waals surface area (Å²) in [6.07, 6.45) is 4.74. The van der Waals surface area contributed by atoms with Crippen molar-refractivity contribution in [3.05, 3.63) is 107 Å². The van der Waals surface area contributed by atoms with Crippen LogP contribution in [0.1, 0.15) is 34.8 Å². The van der Waals surface area contributed by atoms with Gasteiger partial charge in [0.05, 0.1) is 0 Å². The number of nitrogens with zero attached hydrogens (tertiary/aromatic N) is 1. The number of aryl methyl sites for hydroxylation is 1. The fraction of sp³-hybridized carbons (Fsp3) is 0.241. The maximum absolute atomic E-state index is 2.61. The number of thioether (sulfide) groups is 1. The smallest absolute Gasteiger partial charge is 0.0356 e. The summed E-state index contributed by atoms with van der Waals surface area (Å²) in [4.78, 5) is 3.97. The van der Waals surface area contributed by atoms with Gasteiger partial charge in [-0.25, -0.2) is 0 Å². The fourth-order valence-corrected chi connectivity index (χ4v) is 6.34. The van der Waals surface area contributed by atoms with Crippen LogP contribution in [-0.4, -0.2) is 24.5 Å². The molecule has 1 aliphatic heterocycles. The van der Waals surface area contributed by atoms with E-state index < -0.39 is 0 Å². The van der Waals surface area contributed by atoms with Crippen LogP contribution in [0.4, 0.5) is 0 Å². The molecular weight excluding hydrogens is 426 g/mol. The van der Waals surface area contributed by atoms with E-state index in [4.69, 9.17) is 0 Å². The van der Waals surface area contributed by atoms with Crippen molar-refractivity contribution in [3.8, 4) is 0 Å². The highest BCUT2D eigenvalue weighted by atomic mass is 32.2. The highest BCUT2D eigenvalue weighted by molar-refractivity contribution is 7.99. The molecule has 0 saturated heterocycles. The average Bonchev–Trinajstić information content (AvgIpc) is 3.32. The Hall–Kier alpha value is -2.33. The molecule has 0 fully saturated rings. The highest BCUT2D eigenvalue weighted by Crippen LogP contribution is 2.38. The van der Waals surface area contributed by atoms with Crippen LogP contribution in [0.15, 0.2) is 95.2 Å². The number of thiophene rings is 1. The minimum Gasteiger partial charge on any atom is -0.299 e. The molecule has 2 heterocycles. The Morgan fingerprint density at radius 3 is 2.59 bits per heavy atom. The summed E-state index contributed by atoms with van der Waals surface area (Å²) in [6, 6.07) is 29.1. The van der Waals surface area contributed by atoms with E-state index in [-0.39, 0.29) is 0 Å². The lowest BCUT2D eigenvalue weighted by molar-refractivity contribution is 0.297. The molecule has 0 aliphatic carbocycles. The quantitative estimate of drug-likeness (QED) is 0.258. The van der Waals surface area contributed by atoms with Crippen molar-refractivity contribution >= 4 is 38.8 Å². The first kappa shape index (κ1) is 21.5. The Balaban J connectivity index is 1.24. The van der Waals surface area contributed by atoms with Gasteiger partial charge < -0.3 is 0 Å². The van der Waals surface area contributed by atoms with Gasteiger partial charge in [0.1, 0.15) is 0 Å². The predicted octanol–water partition coefficient (Wildman–Crippen LogP) is 8.22. The number of hydrogen-bond acceptors (Lipinski definition) is 3. The van der Waals surface area contributed by atoms with Crippen LogP contribution in [0.5, 0.6) is 0 Å². The molecule has 0 spiro atoms. The first-order chi connectivity index (χ1) is 15.7. The summed E-state index contributed by atoms with van der Waals surface area (Å²) < 4.78 is 1.39. The molecule has 3 heteroatoms. The van der Waals surface area contributed by atoms with Crippen LogP contribution in [0.3, 0.4) is 0 Å². The average molecular weight is 456 g/mol. The Labute approximate surface area is 199 Å². The van der Waals surface area contributed by atoms with Crippen LogP contribution < -0.4 is 0 Å². The zero-order valence-electron chi connectivity index (χ0n) is 18.5. The molecule has 1 aromatic heterocycles. The van der Waals surface area contributed by atoms with E-state index in [0.717, 1.165) is 32.5 Å². The normalized spacial score (nSPS) is 15.6. The molecule has 1 unspecified atom stereocenters. The minimum atomic E-state index is 0.477. The van der Waals surface area contributed by atoms with Gasteiger partial charge in [0.25, 0.3) is 0 Å². The lowest BCUT2D eigenvalue weighted by atomic mass is 9.98. The van der Waals surface area contributed by atoms with Gasteiger partial charge in [-0.3, -0.25) is 4.90 Å². The van der Waals surface area contributed by atoms with E-state index in [0.29, 0.717) is 5.25 Å². The fourth-order valence-electron chi connectivity index (χ4n) is 4.37. The molecule has 162 valence electrons. The molecule has 0 radical (unpaired) electrons. The maximum Gasteiger partial charge on any atom is 0.0356 e. The van der Waals surface area contributed by atoms with Crippen LogP contribution in [-0.2, 0) is 0 Å². The molecule has 0 saturated carbocycles. The van der Waals surface area contributed by atoms with Gasteiger partial charge in [-0.15, -0.1) is 23.1 Å². The van der Waals surface area contributed by atoms with Crippen molar-refractivity contribution in [1.29, 1.82) is 0 Å². The first-order valence-electron chi connectivity index (χ1n) is 11.4. The van der Waals surface area contributed by atoms with Crippen molar-refractivity contribution < 1.29 is 0 Å². The first-order valence-corrected chi connectivity index (χ1v) is 13.2. The third kappa shape index (κ3) is 5.17. The van der Waals surface area contributed by atoms with Crippen LogP contribution >= 0.6 is 23.1 Å². The second-order valence-corrected chi connectivity index (χ2v) is 10.8. The van der Waals surface area contributed by atoms with E-state index in [1.54, 1.807) is 0 Å². The molecule has 0 amide bonds. The molecule has 1 aliphatic rings. The molecule has 4 aromatic rings. The topological polar surface area (TPSA) is 3.24 Å². The number of fused-ring (bicyclic) bond motifs is 1. The lowest BCUT2D eigenvalue weighted by Crippen LogP contribution is -2.30. The summed E-state index contributed by atoms with van der Waals surface area (Å²) in [5.74, 6) is 0. The van der Waals surface area contributed by atoms with Gasteiger partial charge in [0, 0.05) is 27.9 Å². The molecular formula is C29H29NS2. The van der Waals surface area contributed by atoms with Crippen molar-refractivity contribution in [2.24, 2.45) is 0 Å². The Morgan fingerprint density at radius 2 is 1.81 bits per heavy atom. The van der Waals surface area contributed by atoms with Gasteiger partial charge in [0.15, 0.2) is 0 Å². The molecule has 1 nitrogen and oxygen atoms in total. The van der Waals surface area contributed by atoms with E-state index in [9.17, 15) is 0 Å². The second-order valence-electron chi connectivity index (χ2n) is 8.57. The zero-order chi connectivity index (χ0) is 21.8. The summed E-state index contributed by atoms with van der Waals surface area (Å²) in [7, 11) is 0. The Bertz CT molecular complexity index is 1190. The third-order valence-electron chi connectivity index (χ3n) is 6.30. The summed E-state index contributed by atoms with van der Waals surface area (Å²) in [5.41, 5.74) is 5.65. The Kier molecular flexibility index (Phi) is 6.77. The van der Waals surface area contributed by atoms with Crippen LogP contribution in [0.2, 0.25) is 0 Å². The summed E-state index contributed by atoms with van der Waals surface area (Å²) in [5, 5.41) is 4.02.